The molecule has 0 saturated heterocycles. The van der Waals surface area contributed by atoms with Gasteiger partial charge in [-0.15, -0.1) is 11.8 Å². The van der Waals surface area contributed by atoms with Crippen molar-refractivity contribution in [2.24, 2.45) is 0 Å². The van der Waals surface area contributed by atoms with Gasteiger partial charge in [-0.3, -0.25) is 0 Å². The molecule has 2 N–H and O–H groups in total. The fourth-order valence-electron chi connectivity index (χ4n) is 2.81. The number of benzene rings is 2. The third kappa shape index (κ3) is 5.21. The molecule has 1 heterocycles. The van der Waals surface area contributed by atoms with Gasteiger partial charge in [0.1, 0.15) is 22.2 Å². The van der Waals surface area contributed by atoms with Crippen LogP contribution in [-0.4, -0.2) is 42.2 Å². The minimum Gasteiger partial charge on any atom is -0.496 e. The number of carboxylic acid groups (broad SMARTS) is 1. The number of nitrogens with zero attached hydrogens (tertiary/aromatic N) is 3. The Morgan fingerprint density at radius 2 is 1.80 bits per heavy atom. The molecule has 0 bridgehead atoms. The number of anilines is 2. The zero-order valence-electron chi connectivity index (χ0n) is 17.1. The maximum atomic E-state index is 12.1. The first-order valence-corrected chi connectivity index (χ1v) is 10.3. The van der Waals surface area contributed by atoms with Gasteiger partial charge in [-0.1, -0.05) is 48.5 Å². The Morgan fingerprint density at radius 3 is 2.47 bits per heavy atom. The molecule has 30 heavy (non-hydrogen) atoms. The van der Waals surface area contributed by atoms with Gasteiger partial charge < -0.3 is 20.1 Å². The van der Waals surface area contributed by atoms with Crippen molar-refractivity contribution in [2.75, 3.05) is 31.4 Å². The van der Waals surface area contributed by atoms with Crippen LogP contribution >= 0.6 is 11.8 Å². The summed E-state index contributed by atoms with van der Waals surface area (Å²) in [5.74, 6) is 0.985. The summed E-state index contributed by atoms with van der Waals surface area (Å²) in [6.45, 7) is 0.372. The fraction of sp³-hybridized carbons (Fsp3) is 0.227. The van der Waals surface area contributed by atoms with E-state index in [1.807, 2.05) is 68.7 Å². The van der Waals surface area contributed by atoms with Crippen molar-refractivity contribution in [1.82, 2.24) is 9.97 Å². The number of para-hydroxylation sites is 1. The highest BCUT2D eigenvalue weighted by molar-refractivity contribution is 7.98. The summed E-state index contributed by atoms with van der Waals surface area (Å²) in [6.07, 6.45) is 0. The molecule has 3 aromatic rings. The number of nitrogens with one attached hydrogen (secondary N) is 1. The highest BCUT2D eigenvalue weighted by Gasteiger charge is 2.22. The van der Waals surface area contributed by atoms with Gasteiger partial charge in [0.15, 0.2) is 0 Å². The Hall–Kier alpha value is -3.26. The van der Waals surface area contributed by atoms with Gasteiger partial charge in [-0.25, -0.2) is 9.78 Å². The molecule has 3 rings (SSSR count). The third-order valence-electron chi connectivity index (χ3n) is 4.34. The lowest BCUT2D eigenvalue weighted by atomic mass is 10.2. The predicted octanol–water partition coefficient (Wildman–Crippen LogP) is 4.15. The quantitative estimate of drug-likeness (QED) is 0.391. The number of carboxylic acids is 1. The lowest BCUT2D eigenvalue weighted by Gasteiger charge is -2.17. The van der Waals surface area contributed by atoms with Crippen LogP contribution in [0, 0.1) is 0 Å². The van der Waals surface area contributed by atoms with Crippen LogP contribution in [0.4, 0.5) is 11.8 Å². The Balaban J connectivity index is 1.93. The molecule has 0 amide bonds. The van der Waals surface area contributed by atoms with Crippen LogP contribution in [0.25, 0.3) is 0 Å². The largest absolute Gasteiger partial charge is 0.496 e. The SMILES string of the molecule is COc1ccccc1CNc1nc(N(C)C)nc(SCc2ccccc2)c1C(=O)O. The second-order valence-electron chi connectivity index (χ2n) is 6.69. The van der Waals surface area contributed by atoms with Crippen molar-refractivity contribution in [3.63, 3.8) is 0 Å². The van der Waals surface area contributed by atoms with Gasteiger partial charge >= 0.3 is 5.97 Å². The van der Waals surface area contributed by atoms with E-state index >= 15 is 0 Å². The van der Waals surface area contributed by atoms with E-state index in [1.54, 1.807) is 12.0 Å². The number of aromatic carboxylic acids is 1. The number of aromatic nitrogens is 2. The van der Waals surface area contributed by atoms with Gasteiger partial charge in [-0.2, -0.15) is 4.98 Å². The molecule has 0 aliphatic heterocycles. The van der Waals surface area contributed by atoms with Crippen molar-refractivity contribution in [3.8, 4) is 5.75 Å². The lowest BCUT2D eigenvalue weighted by molar-refractivity contribution is 0.0693. The van der Waals surface area contributed by atoms with E-state index in [2.05, 4.69) is 15.3 Å². The summed E-state index contributed by atoms with van der Waals surface area (Å²) in [4.78, 5) is 22.8. The van der Waals surface area contributed by atoms with Crippen molar-refractivity contribution in [3.05, 3.63) is 71.3 Å². The Morgan fingerprint density at radius 1 is 1.10 bits per heavy atom. The zero-order valence-corrected chi connectivity index (χ0v) is 17.9. The van der Waals surface area contributed by atoms with Crippen LogP contribution in [0.3, 0.4) is 0 Å². The molecule has 7 nitrogen and oxygen atoms in total. The monoisotopic (exact) mass is 424 g/mol. The van der Waals surface area contributed by atoms with E-state index in [0.29, 0.717) is 23.3 Å². The smallest absolute Gasteiger partial charge is 0.342 e. The molecule has 0 unspecified atom stereocenters. The van der Waals surface area contributed by atoms with E-state index in [0.717, 1.165) is 16.9 Å². The molecular formula is C22H24N4O3S. The molecule has 0 fully saturated rings. The van der Waals surface area contributed by atoms with Crippen molar-refractivity contribution in [1.29, 1.82) is 0 Å². The number of hydrogen-bond donors (Lipinski definition) is 2. The van der Waals surface area contributed by atoms with E-state index in [-0.39, 0.29) is 11.4 Å². The summed E-state index contributed by atoms with van der Waals surface area (Å²) in [5, 5.41) is 13.5. The Labute approximate surface area is 180 Å². The lowest BCUT2D eigenvalue weighted by Crippen LogP contribution is -2.18. The molecule has 8 heteroatoms. The summed E-state index contributed by atoms with van der Waals surface area (Å²) in [7, 11) is 5.26. The maximum absolute atomic E-state index is 12.1. The van der Waals surface area contributed by atoms with Gasteiger partial charge in [0.25, 0.3) is 0 Å². The first-order valence-electron chi connectivity index (χ1n) is 9.34. The minimum atomic E-state index is -1.07. The molecule has 0 atom stereocenters. The highest BCUT2D eigenvalue weighted by Crippen LogP contribution is 2.31. The van der Waals surface area contributed by atoms with Gasteiger partial charge in [-0.05, 0) is 11.6 Å². The molecule has 0 radical (unpaired) electrons. The second-order valence-corrected chi connectivity index (χ2v) is 7.66. The van der Waals surface area contributed by atoms with E-state index < -0.39 is 5.97 Å². The maximum Gasteiger partial charge on any atom is 0.342 e. The number of hydrogen-bond acceptors (Lipinski definition) is 7. The second kappa shape index (κ2) is 9.98. The van der Waals surface area contributed by atoms with Crippen molar-refractivity contribution in [2.45, 2.75) is 17.3 Å². The van der Waals surface area contributed by atoms with Crippen LogP contribution in [0.15, 0.2) is 59.6 Å². The summed E-state index contributed by atoms with van der Waals surface area (Å²) in [5.41, 5.74) is 2.06. The predicted molar refractivity (Wildman–Crippen MR) is 120 cm³/mol. The molecule has 0 spiro atoms. The number of rotatable bonds is 9. The van der Waals surface area contributed by atoms with Gasteiger partial charge in [0.2, 0.25) is 5.95 Å². The number of ether oxygens (including phenoxy) is 1. The Kier molecular flexibility index (Phi) is 7.13. The van der Waals surface area contributed by atoms with E-state index in [9.17, 15) is 9.90 Å². The first-order chi connectivity index (χ1) is 14.5. The van der Waals surface area contributed by atoms with Crippen molar-refractivity contribution < 1.29 is 14.6 Å². The molecular weight excluding hydrogens is 400 g/mol. The topological polar surface area (TPSA) is 87.6 Å². The van der Waals surface area contributed by atoms with E-state index in [4.69, 9.17) is 4.74 Å². The van der Waals surface area contributed by atoms with E-state index in [1.165, 1.54) is 11.8 Å². The molecule has 0 aliphatic carbocycles. The van der Waals surface area contributed by atoms with Crippen LogP contribution in [0.5, 0.6) is 5.75 Å². The average Bonchev–Trinajstić information content (AvgIpc) is 2.76. The van der Waals surface area contributed by atoms with Crippen LogP contribution < -0.4 is 15.0 Å². The number of methoxy groups -OCH3 is 1. The molecule has 2 aromatic carbocycles. The molecule has 0 saturated carbocycles. The first kappa shape index (κ1) is 21.4. The molecule has 156 valence electrons. The van der Waals surface area contributed by atoms with Crippen LogP contribution in [0.2, 0.25) is 0 Å². The molecule has 1 aromatic heterocycles. The average molecular weight is 425 g/mol. The summed E-state index contributed by atoms with van der Waals surface area (Å²) < 4.78 is 5.38. The summed E-state index contributed by atoms with van der Waals surface area (Å²) >= 11 is 1.38. The minimum absolute atomic E-state index is 0.0661. The standard InChI is InChI=1S/C22H24N4O3S/c1-26(2)22-24-19(23-13-16-11-7-8-12-17(16)29-3)18(21(27)28)20(25-22)30-14-15-9-5-4-6-10-15/h4-12H,13-14H2,1-3H3,(H,27,28)(H,23,24,25). The Bertz CT molecular complexity index is 1010. The normalized spacial score (nSPS) is 10.5. The van der Waals surface area contributed by atoms with Crippen LogP contribution in [-0.2, 0) is 12.3 Å². The van der Waals surface area contributed by atoms with Gasteiger partial charge in [0.05, 0.1) is 7.11 Å². The molecule has 0 aliphatic rings. The third-order valence-corrected chi connectivity index (χ3v) is 5.38. The zero-order chi connectivity index (χ0) is 21.5. The number of thioether (sulfide) groups is 1. The fourth-order valence-corrected chi connectivity index (χ4v) is 3.78. The number of carbonyl (C=O) groups is 1. The summed E-state index contributed by atoms with van der Waals surface area (Å²) in [6, 6.07) is 17.4. The van der Waals surface area contributed by atoms with Gasteiger partial charge in [0, 0.05) is 32.0 Å². The van der Waals surface area contributed by atoms with Crippen LogP contribution in [0.1, 0.15) is 21.5 Å². The van der Waals surface area contributed by atoms with Crippen molar-refractivity contribution >= 4 is 29.5 Å². The highest BCUT2D eigenvalue weighted by atomic mass is 32.2.